The number of benzene rings is 2. The molecule has 48 heavy (non-hydrogen) atoms. The molecule has 1 fully saturated rings. The van der Waals surface area contributed by atoms with Crippen molar-refractivity contribution in [2.45, 2.75) is 74.8 Å². The Morgan fingerprint density at radius 2 is 1.71 bits per heavy atom. The van der Waals surface area contributed by atoms with E-state index < -0.39 is 73.6 Å². The zero-order valence-corrected chi connectivity index (χ0v) is 27.2. The van der Waals surface area contributed by atoms with Gasteiger partial charge in [0, 0.05) is 24.6 Å². The average molecular weight is 691 g/mol. The smallest absolute Gasteiger partial charge is 0.364 e. The normalized spacial score (nSPS) is 21.8. The zero-order chi connectivity index (χ0) is 34.9. The van der Waals surface area contributed by atoms with E-state index in [0.29, 0.717) is 35.8 Å². The Morgan fingerprint density at radius 1 is 1.02 bits per heavy atom. The minimum atomic E-state index is -2.40. The molecule has 2 aromatic carbocycles. The highest BCUT2D eigenvalue weighted by Crippen LogP contribution is 2.34. The summed E-state index contributed by atoms with van der Waals surface area (Å²) < 4.78 is 22.2. The van der Waals surface area contributed by atoms with Gasteiger partial charge >= 0.3 is 5.97 Å². The Kier molecular flexibility index (Phi) is 16.1. The van der Waals surface area contributed by atoms with Crippen molar-refractivity contribution in [2.75, 3.05) is 33.0 Å². The van der Waals surface area contributed by atoms with Gasteiger partial charge in [-0.25, -0.2) is 4.79 Å². The number of para-hydroxylation sites is 1. The van der Waals surface area contributed by atoms with E-state index in [0.717, 1.165) is 12.8 Å². The number of aliphatic hydroxyl groups is 3. The number of unbranched alkanes of at least 4 members (excludes halogenated alkanes) is 3. The molecule has 6 atom stereocenters. The number of carboxylic acid groups (broad SMARTS) is 1. The molecule has 1 aliphatic rings. The minimum absolute atomic E-state index is 0.0351. The predicted octanol–water partition coefficient (Wildman–Crippen LogP) is 1.44. The number of aliphatic hydroxyl groups excluding tert-OH is 3. The molecule has 0 aliphatic carbocycles. The Labute approximate surface area is 284 Å². The highest BCUT2D eigenvalue weighted by Gasteiger charge is 2.55. The van der Waals surface area contributed by atoms with Crippen molar-refractivity contribution in [2.24, 2.45) is 0 Å². The molecule has 3 rings (SSSR count). The molecule has 0 saturated carbocycles. The van der Waals surface area contributed by atoms with Crippen LogP contribution in [0.3, 0.4) is 0 Å². The van der Waals surface area contributed by atoms with Crippen molar-refractivity contribution in [3.05, 3.63) is 65.2 Å². The largest absolute Gasteiger partial charge is 0.484 e. The molecule has 1 heterocycles. The lowest BCUT2D eigenvalue weighted by Gasteiger charge is -2.46. The third-order valence-corrected chi connectivity index (χ3v) is 7.81. The van der Waals surface area contributed by atoms with Gasteiger partial charge in [0.2, 0.25) is 5.91 Å². The fraction of sp³-hybridized carbons (Fsp3) is 0.500. The van der Waals surface area contributed by atoms with Crippen LogP contribution in [0.15, 0.2) is 54.6 Å². The molecule has 1 aliphatic heterocycles. The number of halogens is 1. The minimum Gasteiger partial charge on any atom is -0.484 e. The second-order valence-corrected chi connectivity index (χ2v) is 11.7. The van der Waals surface area contributed by atoms with Crippen LogP contribution >= 0.6 is 11.6 Å². The molecule has 2 amide bonds. The number of nitrogens with one attached hydrogen (secondary N) is 2. The SMILES string of the molecule is C#CCOCCCCCCO[C@]1(C(=O)O)C[C@H](O)[C@@H](NC(=O)COc2ccccc2)[C@H]([C@H](O)[C@H](O)CNC(=O)Cc2ccc(Cl)cc2)O1. The van der Waals surface area contributed by atoms with Gasteiger partial charge in [-0.05, 0) is 42.7 Å². The van der Waals surface area contributed by atoms with Gasteiger partial charge in [-0.1, -0.05) is 60.7 Å². The van der Waals surface area contributed by atoms with Crippen LogP contribution in [0.25, 0.3) is 0 Å². The summed E-state index contributed by atoms with van der Waals surface area (Å²) in [5.74, 6) is -2.35. The van der Waals surface area contributed by atoms with Crippen LogP contribution in [-0.2, 0) is 35.0 Å². The second kappa shape index (κ2) is 19.9. The number of ether oxygens (including phenoxy) is 4. The number of amides is 2. The number of rotatable bonds is 20. The van der Waals surface area contributed by atoms with Crippen molar-refractivity contribution in [1.29, 1.82) is 0 Å². The third kappa shape index (κ3) is 12.4. The van der Waals surface area contributed by atoms with Crippen molar-refractivity contribution in [3.8, 4) is 18.1 Å². The Balaban J connectivity index is 1.68. The van der Waals surface area contributed by atoms with Crippen LogP contribution in [0.5, 0.6) is 5.75 Å². The number of aliphatic carboxylic acids is 1. The fourth-order valence-electron chi connectivity index (χ4n) is 5.04. The molecule has 0 bridgehead atoms. The van der Waals surface area contributed by atoms with E-state index in [4.69, 9.17) is 37.0 Å². The maximum Gasteiger partial charge on any atom is 0.364 e. The maximum atomic E-state index is 12.9. The number of hydrogen-bond acceptors (Lipinski definition) is 10. The second-order valence-electron chi connectivity index (χ2n) is 11.3. The summed E-state index contributed by atoms with van der Waals surface area (Å²) in [5, 5.41) is 49.0. The van der Waals surface area contributed by atoms with E-state index in [9.17, 15) is 34.8 Å². The van der Waals surface area contributed by atoms with Crippen LogP contribution in [0, 0.1) is 12.3 Å². The molecule has 14 heteroatoms. The van der Waals surface area contributed by atoms with Gasteiger partial charge in [0.25, 0.3) is 11.7 Å². The van der Waals surface area contributed by atoms with Gasteiger partial charge in [0.1, 0.15) is 24.6 Å². The van der Waals surface area contributed by atoms with Crippen molar-refractivity contribution in [3.63, 3.8) is 0 Å². The first-order valence-electron chi connectivity index (χ1n) is 15.6. The highest BCUT2D eigenvalue weighted by atomic mass is 35.5. The first kappa shape index (κ1) is 38.7. The summed E-state index contributed by atoms with van der Waals surface area (Å²) in [6.45, 7) is -0.255. The van der Waals surface area contributed by atoms with E-state index in [1.807, 2.05) is 0 Å². The number of carboxylic acids is 1. The standard InChI is InChI=1S/C34H43ClN2O11/c1-2-16-45-17-8-3-4-9-18-47-34(33(43)44)20-26(38)30(37-29(41)22-46-25-10-6-5-7-11-25)32(48-34)31(42)27(39)21-36-28(40)19-23-12-14-24(35)15-13-23/h1,5-7,10-15,26-27,30-32,38-39,42H,3-4,8-9,16-22H2,(H,36,40)(H,37,41)(H,43,44)/t26-,27+,30+,31+,32+,34+/m0/s1. The van der Waals surface area contributed by atoms with Gasteiger partial charge in [-0.2, -0.15) is 0 Å². The summed E-state index contributed by atoms with van der Waals surface area (Å²) in [7, 11) is 0. The predicted molar refractivity (Wildman–Crippen MR) is 174 cm³/mol. The van der Waals surface area contributed by atoms with Crippen LogP contribution in [0.2, 0.25) is 5.02 Å². The third-order valence-electron chi connectivity index (χ3n) is 7.56. The molecule has 2 aromatic rings. The van der Waals surface area contributed by atoms with E-state index in [2.05, 4.69) is 16.6 Å². The first-order valence-corrected chi connectivity index (χ1v) is 16.0. The number of carbonyl (C=O) groups excluding carboxylic acids is 2. The van der Waals surface area contributed by atoms with Crippen LogP contribution in [0.1, 0.15) is 37.7 Å². The van der Waals surface area contributed by atoms with Crippen LogP contribution in [0.4, 0.5) is 0 Å². The fourth-order valence-corrected chi connectivity index (χ4v) is 5.17. The van der Waals surface area contributed by atoms with Gasteiger partial charge in [-0.3, -0.25) is 9.59 Å². The maximum absolute atomic E-state index is 12.9. The molecule has 13 nitrogen and oxygen atoms in total. The Hall–Kier alpha value is -3.74. The quantitative estimate of drug-likeness (QED) is 0.0870. The molecule has 1 saturated heterocycles. The lowest BCUT2D eigenvalue weighted by molar-refractivity contribution is -0.310. The van der Waals surface area contributed by atoms with E-state index in [1.54, 1.807) is 54.6 Å². The topological polar surface area (TPSA) is 193 Å². The average Bonchev–Trinajstić information content (AvgIpc) is 3.07. The molecule has 0 unspecified atom stereocenters. The summed E-state index contributed by atoms with van der Waals surface area (Å²) in [6.07, 6.45) is 0.325. The van der Waals surface area contributed by atoms with Gasteiger partial charge in [0.05, 0.1) is 31.3 Å². The van der Waals surface area contributed by atoms with Crippen molar-refractivity contribution >= 4 is 29.4 Å². The Morgan fingerprint density at radius 3 is 2.38 bits per heavy atom. The van der Waals surface area contributed by atoms with Crippen molar-refractivity contribution in [1.82, 2.24) is 10.6 Å². The van der Waals surface area contributed by atoms with E-state index >= 15 is 0 Å². The molecule has 262 valence electrons. The van der Waals surface area contributed by atoms with Crippen molar-refractivity contribution < 1.29 is 53.8 Å². The summed E-state index contributed by atoms with van der Waals surface area (Å²) >= 11 is 5.89. The van der Waals surface area contributed by atoms with Gasteiger partial charge in [0.15, 0.2) is 6.61 Å². The lowest BCUT2D eigenvalue weighted by atomic mass is 9.88. The molecular weight excluding hydrogens is 648 g/mol. The number of carbonyl (C=O) groups is 3. The van der Waals surface area contributed by atoms with E-state index in [-0.39, 0.29) is 19.6 Å². The number of hydrogen-bond donors (Lipinski definition) is 6. The van der Waals surface area contributed by atoms with Gasteiger partial charge in [-0.15, -0.1) is 6.42 Å². The first-order chi connectivity index (χ1) is 23.0. The zero-order valence-electron chi connectivity index (χ0n) is 26.5. The summed E-state index contributed by atoms with van der Waals surface area (Å²) in [4.78, 5) is 37.9. The molecule has 0 aromatic heterocycles. The number of terminal acetylenes is 1. The summed E-state index contributed by atoms with van der Waals surface area (Å²) in [5.41, 5.74) is 0.659. The summed E-state index contributed by atoms with van der Waals surface area (Å²) in [6, 6.07) is 13.7. The van der Waals surface area contributed by atoms with Gasteiger partial charge < -0.3 is 50.0 Å². The molecular formula is C34H43ClN2O11. The van der Waals surface area contributed by atoms with E-state index in [1.165, 1.54) is 0 Å². The lowest BCUT2D eigenvalue weighted by Crippen LogP contribution is -2.68. The molecule has 6 N–H and O–H groups in total. The molecule has 0 spiro atoms. The monoisotopic (exact) mass is 690 g/mol. The highest BCUT2D eigenvalue weighted by molar-refractivity contribution is 6.30. The molecule has 0 radical (unpaired) electrons. The van der Waals surface area contributed by atoms with Crippen LogP contribution < -0.4 is 15.4 Å². The van der Waals surface area contributed by atoms with Crippen LogP contribution in [-0.4, -0.2) is 107 Å². The Bertz CT molecular complexity index is 1340.